The zero-order valence-electron chi connectivity index (χ0n) is 14.2. The maximum Gasteiger partial charge on any atom is 0.220 e. The quantitative estimate of drug-likeness (QED) is 0.839. The van der Waals surface area contributed by atoms with Crippen LogP contribution in [0.3, 0.4) is 0 Å². The number of rotatable bonds is 7. The van der Waals surface area contributed by atoms with E-state index in [0.29, 0.717) is 26.1 Å². The average molecular weight is 343 g/mol. The van der Waals surface area contributed by atoms with E-state index in [4.69, 9.17) is 4.74 Å². The number of amides is 1. The largest absolute Gasteiger partial charge is 0.494 e. The molecule has 0 saturated carbocycles. The Hall–Kier alpha value is -2.47. The first-order chi connectivity index (χ1) is 12.1. The summed E-state index contributed by atoms with van der Waals surface area (Å²) in [5, 5.41) is 3.00. The maximum absolute atomic E-state index is 14.0. The van der Waals surface area contributed by atoms with Crippen molar-refractivity contribution in [2.45, 2.75) is 32.0 Å². The third-order valence-electron chi connectivity index (χ3n) is 4.31. The standard InChI is InChI=1S/C19H22FN3O2/c1-25-18-6-4-14(9-17(18)20)11-23(12-15-3-2-8-21-10-15)13-16-5-7-19(24)22-16/h2-4,6,8-10,16H,5,7,11-13H2,1H3,(H,22,24)/t16-/m0/s1. The van der Waals surface area contributed by atoms with E-state index in [9.17, 15) is 9.18 Å². The number of pyridine rings is 1. The molecule has 2 heterocycles. The second kappa shape index (κ2) is 8.07. The highest BCUT2D eigenvalue weighted by Gasteiger charge is 2.23. The lowest BCUT2D eigenvalue weighted by atomic mass is 10.1. The highest BCUT2D eigenvalue weighted by Crippen LogP contribution is 2.20. The molecular formula is C19H22FN3O2. The second-order valence-electron chi connectivity index (χ2n) is 6.30. The molecule has 0 unspecified atom stereocenters. The van der Waals surface area contributed by atoms with Gasteiger partial charge in [0.25, 0.3) is 0 Å². The Kier molecular flexibility index (Phi) is 5.60. The van der Waals surface area contributed by atoms with Crippen molar-refractivity contribution in [3.05, 3.63) is 59.7 Å². The van der Waals surface area contributed by atoms with Crippen LogP contribution in [0.5, 0.6) is 5.75 Å². The number of nitrogens with one attached hydrogen (secondary N) is 1. The van der Waals surface area contributed by atoms with Gasteiger partial charge < -0.3 is 10.1 Å². The highest BCUT2D eigenvalue weighted by atomic mass is 19.1. The topological polar surface area (TPSA) is 54.5 Å². The Morgan fingerprint density at radius 2 is 2.16 bits per heavy atom. The van der Waals surface area contributed by atoms with Crippen LogP contribution in [0.2, 0.25) is 0 Å². The van der Waals surface area contributed by atoms with Crippen LogP contribution in [-0.4, -0.2) is 35.5 Å². The van der Waals surface area contributed by atoms with Gasteiger partial charge in [0.05, 0.1) is 7.11 Å². The number of hydrogen-bond donors (Lipinski definition) is 1. The molecule has 1 aliphatic rings. The molecule has 1 atom stereocenters. The molecule has 1 N–H and O–H groups in total. The molecule has 0 bridgehead atoms. The minimum Gasteiger partial charge on any atom is -0.494 e. The molecule has 5 nitrogen and oxygen atoms in total. The average Bonchev–Trinajstić information content (AvgIpc) is 3.01. The number of carbonyl (C=O) groups excluding carboxylic acids is 1. The summed E-state index contributed by atoms with van der Waals surface area (Å²) in [5.74, 6) is -0.0251. The number of hydrogen-bond acceptors (Lipinski definition) is 4. The summed E-state index contributed by atoms with van der Waals surface area (Å²) in [6.45, 7) is 1.99. The fourth-order valence-corrected chi connectivity index (χ4v) is 3.13. The van der Waals surface area contributed by atoms with Crippen LogP contribution in [-0.2, 0) is 17.9 Å². The summed E-state index contributed by atoms with van der Waals surface area (Å²) in [5.41, 5.74) is 1.95. The summed E-state index contributed by atoms with van der Waals surface area (Å²) in [4.78, 5) is 17.8. The van der Waals surface area contributed by atoms with Gasteiger partial charge in [-0.25, -0.2) is 4.39 Å². The molecule has 1 aromatic carbocycles. The van der Waals surface area contributed by atoms with E-state index in [-0.39, 0.29) is 23.5 Å². The van der Waals surface area contributed by atoms with Gasteiger partial charge >= 0.3 is 0 Å². The number of ether oxygens (including phenoxy) is 1. The van der Waals surface area contributed by atoms with Crippen LogP contribution in [0.25, 0.3) is 0 Å². The molecule has 0 spiro atoms. The molecule has 132 valence electrons. The molecule has 1 saturated heterocycles. The lowest BCUT2D eigenvalue weighted by Gasteiger charge is -2.25. The van der Waals surface area contributed by atoms with Gasteiger partial charge in [0, 0.05) is 44.5 Å². The van der Waals surface area contributed by atoms with Gasteiger partial charge in [-0.1, -0.05) is 12.1 Å². The van der Waals surface area contributed by atoms with Crippen LogP contribution in [0, 0.1) is 5.82 Å². The van der Waals surface area contributed by atoms with E-state index in [1.807, 2.05) is 24.4 Å². The number of methoxy groups -OCH3 is 1. The van der Waals surface area contributed by atoms with E-state index in [2.05, 4.69) is 15.2 Å². The van der Waals surface area contributed by atoms with E-state index in [1.165, 1.54) is 13.2 Å². The molecule has 1 fully saturated rings. The van der Waals surface area contributed by atoms with Crippen LogP contribution in [0.1, 0.15) is 24.0 Å². The number of benzene rings is 1. The predicted molar refractivity (Wildman–Crippen MR) is 92.5 cm³/mol. The Bertz CT molecular complexity index is 724. The van der Waals surface area contributed by atoms with Crippen molar-refractivity contribution >= 4 is 5.91 Å². The van der Waals surface area contributed by atoms with Gasteiger partial charge in [-0.05, 0) is 35.7 Å². The molecule has 25 heavy (non-hydrogen) atoms. The zero-order valence-corrected chi connectivity index (χ0v) is 14.2. The summed E-state index contributed by atoms with van der Waals surface area (Å²) in [6.07, 6.45) is 4.97. The third-order valence-corrected chi connectivity index (χ3v) is 4.31. The van der Waals surface area contributed by atoms with Crippen LogP contribution in [0.15, 0.2) is 42.7 Å². The molecule has 2 aromatic rings. The Labute approximate surface area is 146 Å². The number of nitrogens with zero attached hydrogens (tertiary/aromatic N) is 2. The Balaban J connectivity index is 1.73. The molecule has 6 heteroatoms. The van der Waals surface area contributed by atoms with E-state index in [1.54, 1.807) is 12.3 Å². The SMILES string of the molecule is COc1ccc(CN(Cc2cccnc2)C[C@@H]2CCC(=O)N2)cc1F. The Morgan fingerprint density at radius 3 is 2.80 bits per heavy atom. The van der Waals surface area contributed by atoms with Crippen LogP contribution >= 0.6 is 0 Å². The van der Waals surface area contributed by atoms with Crippen molar-refractivity contribution in [1.29, 1.82) is 0 Å². The highest BCUT2D eigenvalue weighted by molar-refractivity contribution is 5.78. The smallest absolute Gasteiger partial charge is 0.220 e. The lowest BCUT2D eigenvalue weighted by molar-refractivity contribution is -0.119. The van der Waals surface area contributed by atoms with Gasteiger partial charge in [-0.2, -0.15) is 0 Å². The normalized spacial score (nSPS) is 16.9. The van der Waals surface area contributed by atoms with Crippen molar-refractivity contribution in [2.24, 2.45) is 0 Å². The van der Waals surface area contributed by atoms with Crippen LogP contribution in [0.4, 0.5) is 4.39 Å². The van der Waals surface area contributed by atoms with Crippen molar-refractivity contribution in [1.82, 2.24) is 15.2 Å². The minimum atomic E-state index is -0.365. The molecule has 0 aliphatic carbocycles. The molecule has 3 rings (SSSR count). The predicted octanol–water partition coefficient (Wildman–Crippen LogP) is 2.51. The van der Waals surface area contributed by atoms with Crippen molar-refractivity contribution in [3.63, 3.8) is 0 Å². The van der Waals surface area contributed by atoms with Gasteiger partial charge in [0.15, 0.2) is 11.6 Å². The Morgan fingerprint density at radius 1 is 1.32 bits per heavy atom. The number of carbonyl (C=O) groups is 1. The fourth-order valence-electron chi connectivity index (χ4n) is 3.13. The van der Waals surface area contributed by atoms with Crippen molar-refractivity contribution in [2.75, 3.05) is 13.7 Å². The summed E-state index contributed by atoms with van der Waals surface area (Å²) in [6, 6.07) is 9.06. The third kappa shape index (κ3) is 4.76. The lowest BCUT2D eigenvalue weighted by Crippen LogP contribution is -2.38. The first kappa shape index (κ1) is 17.4. The van der Waals surface area contributed by atoms with Gasteiger partial charge in [0.1, 0.15) is 0 Å². The van der Waals surface area contributed by atoms with Gasteiger partial charge in [0.2, 0.25) is 5.91 Å². The first-order valence-electron chi connectivity index (χ1n) is 8.37. The second-order valence-corrected chi connectivity index (χ2v) is 6.30. The van der Waals surface area contributed by atoms with Crippen molar-refractivity contribution in [3.8, 4) is 5.75 Å². The summed E-state index contributed by atoms with van der Waals surface area (Å²) < 4.78 is 18.9. The minimum absolute atomic E-state index is 0.0989. The van der Waals surface area contributed by atoms with E-state index < -0.39 is 0 Å². The van der Waals surface area contributed by atoms with Gasteiger partial charge in [-0.3, -0.25) is 14.7 Å². The molecule has 1 aromatic heterocycles. The fraction of sp³-hybridized carbons (Fsp3) is 0.368. The summed E-state index contributed by atoms with van der Waals surface area (Å²) >= 11 is 0. The summed E-state index contributed by atoms with van der Waals surface area (Å²) in [7, 11) is 1.45. The van der Waals surface area contributed by atoms with Crippen LogP contribution < -0.4 is 10.1 Å². The monoisotopic (exact) mass is 343 g/mol. The molecule has 1 aliphatic heterocycles. The number of halogens is 1. The maximum atomic E-state index is 14.0. The first-order valence-corrected chi connectivity index (χ1v) is 8.37. The van der Waals surface area contributed by atoms with E-state index in [0.717, 1.165) is 17.5 Å². The van der Waals surface area contributed by atoms with E-state index >= 15 is 0 Å². The molecular weight excluding hydrogens is 321 g/mol. The van der Waals surface area contributed by atoms with Gasteiger partial charge in [-0.15, -0.1) is 0 Å². The molecule has 0 radical (unpaired) electrons. The zero-order chi connectivity index (χ0) is 17.6. The number of aromatic nitrogens is 1. The van der Waals surface area contributed by atoms with Crippen molar-refractivity contribution < 1.29 is 13.9 Å². The molecule has 1 amide bonds.